The van der Waals surface area contributed by atoms with Crippen molar-refractivity contribution in [1.82, 2.24) is 4.90 Å². The predicted molar refractivity (Wildman–Crippen MR) is 49.8 cm³/mol. The summed E-state index contributed by atoms with van der Waals surface area (Å²) >= 11 is 2.23. The maximum absolute atomic E-state index is 3.82. The van der Waals surface area contributed by atoms with E-state index in [1.807, 2.05) is 6.08 Å². The molecule has 1 aliphatic rings. The third kappa shape index (κ3) is 3.03. The standard InChI is InChI=1S/C9H16N.Li/c1-2-7-10-8-5-3-4-6-9-10;/h2,7H,1,3-6,8-9H2;. The van der Waals surface area contributed by atoms with Crippen molar-refractivity contribution in [3.05, 3.63) is 12.7 Å². The molecule has 0 amide bonds. The summed E-state index contributed by atoms with van der Waals surface area (Å²) in [5, 5.41) is 0. The molecule has 0 spiro atoms. The van der Waals surface area contributed by atoms with Crippen LogP contribution in [0.4, 0.5) is 0 Å². The summed E-state index contributed by atoms with van der Waals surface area (Å²) in [7, 11) is 0. The van der Waals surface area contributed by atoms with E-state index in [4.69, 9.17) is 0 Å². The molecule has 58 valence electrons. The van der Waals surface area contributed by atoms with Gasteiger partial charge in [0.25, 0.3) is 0 Å². The number of hydrogen-bond acceptors (Lipinski definition) is 1. The number of nitrogens with zero attached hydrogens (tertiary/aromatic N) is 1. The zero-order valence-corrected chi connectivity index (χ0v) is 7.55. The van der Waals surface area contributed by atoms with Crippen molar-refractivity contribution in [3.8, 4) is 0 Å². The second-order valence-electron chi connectivity index (χ2n) is 3.43. The molecule has 1 heterocycles. The molecule has 0 aliphatic carbocycles. The van der Waals surface area contributed by atoms with Crippen molar-refractivity contribution >= 4 is 17.7 Å². The zero-order valence-electron chi connectivity index (χ0n) is 7.55. The summed E-state index contributed by atoms with van der Waals surface area (Å²) in [6.45, 7) is 6.37. The van der Waals surface area contributed by atoms with Gasteiger partial charge in [0.1, 0.15) is 0 Å². The van der Waals surface area contributed by atoms with Gasteiger partial charge in [-0.25, -0.2) is 0 Å². The van der Waals surface area contributed by atoms with Crippen molar-refractivity contribution < 1.29 is 0 Å². The van der Waals surface area contributed by atoms with E-state index in [0.29, 0.717) is 4.71 Å². The first-order chi connectivity index (χ1) is 5.34. The van der Waals surface area contributed by atoms with Crippen LogP contribution in [0.5, 0.6) is 0 Å². The van der Waals surface area contributed by atoms with E-state index in [2.05, 4.69) is 29.2 Å². The van der Waals surface area contributed by atoms with Crippen LogP contribution in [-0.2, 0) is 0 Å². The maximum atomic E-state index is 3.82. The van der Waals surface area contributed by atoms with Gasteiger partial charge in [0.2, 0.25) is 0 Å². The molecule has 0 bridgehead atoms. The van der Waals surface area contributed by atoms with Gasteiger partial charge in [-0.2, -0.15) is 0 Å². The Bertz CT molecular complexity index is 117. The molecule has 1 nitrogen and oxygen atoms in total. The minimum atomic E-state index is 0.577. The zero-order chi connectivity index (χ0) is 8.10. The van der Waals surface area contributed by atoms with Crippen molar-refractivity contribution in [3.63, 3.8) is 0 Å². The van der Waals surface area contributed by atoms with E-state index in [0.717, 1.165) is 0 Å². The van der Waals surface area contributed by atoms with Crippen LogP contribution in [0, 0.1) is 0 Å². The molecule has 0 aromatic carbocycles. The van der Waals surface area contributed by atoms with Crippen LogP contribution in [-0.4, -0.2) is 40.4 Å². The molecule has 0 radical (unpaired) electrons. The second kappa shape index (κ2) is 5.03. The molecule has 1 fully saturated rings. The van der Waals surface area contributed by atoms with E-state index in [-0.39, 0.29) is 0 Å². The Hall–Kier alpha value is 0.297. The molecule has 1 unspecified atom stereocenters. The first-order valence-corrected chi connectivity index (χ1v) is 4.71. The van der Waals surface area contributed by atoms with E-state index in [1.54, 1.807) is 0 Å². The molecular weight excluding hydrogens is 129 g/mol. The fraction of sp³-hybridized carbons (Fsp3) is 0.778. The van der Waals surface area contributed by atoms with Crippen LogP contribution < -0.4 is 0 Å². The van der Waals surface area contributed by atoms with Gasteiger partial charge in [-0.1, -0.05) is 0 Å². The van der Waals surface area contributed by atoms with E-state index < -0.39 is 0 Å². The van der Waals surface area contributed by atoms with E-state index in [1.165, 1.54) is 38.8 Å². The third-order valence-electron chi connectivity index (χ3n) is 2.56. The van der Waals surface area contributed by atoms with Crippen molar-refractivity contribution in [2.24, 2.45) is 0 Å². The Labute approximate surface area is 79.0 Å². The molecule has 1 rings (SSSR count). The summed E-state index contributed by atoms with van der Waals surface area (Å²) in [5.41, 5.74) is 0. The van der Waals surface area contributed by atoms with Crippen molar-refractivity contribution in [2.75, 3.05) is 13.1 Å². The van der Waals surface area contributed by atoms with Crippen molar-refractivity contribution in [1.29, 1.82) is 0 Å². The average molecular weight is 145 g/mol. The predicted octanol–water partition coefficient (Wildman–Crippen LogP) is 1.54. The van der Waals surface area contributed by atoms with Gasteiger partial charge in [-0.15, -0.1) is 0 Å². The van der Waals surface area contributed by atoms with Gasteiger partial charge < -0.3 is 0 Å². The molecule has 1 aliphatic heterocycles. The summed E-state index contributed by atoms with van der Waals surface area (Å²) < 4.78 is 0.577. The monoisotopic (exact) mass is 145 g/mol. The Balaban J connectivity index is 2.35. The molecule has 0 N–H and O–H groups in total. The number of likely N-dealkylation sites (tertiary alicyclic amines) is 1. The molecular formula is C9H16LiN. The Morgan fingerprint density at radius 2 is 1.73 bits per heavy atom. The second-order valence-corrected chi connectivity index (χ2v) is 3.43. The normalized spacial score (nSPS) is 24.2. The molecule has 2 heteroatoms. The van der Waals surface area contributed by atoms with Gasteiger partial charge >= 0.3 is 78.8 Å². The first-order valence-electron chi connectivity index (χ1n) is 4.71. The van der Waals surface area contributed by atoms with Crippen LogP contribution in [0.15, 0.2) is 12.7 Å². The Morgan fingerprint density at radius 1 is 1.18 bits per heavy atom. The SMILES string of the molecule is [Li][CH](C=C)N1CCCCCC1. The summed E-state index contributed by atoms with van der Waals surface area (Å²) in [5.74, 6) is 0. The average Bonchev–Trinajstić information content (AvgIpc) is 2.30. The van der Waals surface area contributed by atoms with Crippen LogP contribution in [0.2, 0.25) is 0 Å². The molecule has 0 aromatic heterocycles. The van der Waals surface area contributed by atoms with Crippen LogP contribution in [0.1, 0.15) is 25.7 Å². The van der Waals surface area contributed by atoms with Crippen LogP contribution >= 0.6 is 0 Å². The third-order valence-corrected chi connectivity index (χ3v) is 2.56. The van der Waals surface area contributed by atoms with E-state index in [9.17, 15) is 0 Å². The number of hydrogen-bond donors (Lipinski definition) is 0. The first kappa shape index (κ1) is 9.39. The molecule has 11 heavy (non-hydrogen) atoms. The van der Waals surface area contributed by atoms with Crippen LogP contribution in [0.3, 0.4) is 0 Å². The molecule has 0 saturated carbocycles. The van der Waals surface area contributed by atoms with Crippen LogP contribution in [0.25, 0.3) is 0 Å². The Morgan fingerprint density at radius 3 is 2.18 bits per heavy atom. The molecule has 0 aromatic rings. The van der Waals surface area contributed by atoms with Gasteiger partial charge in [0, 0.05) is 0 Å². The fourth-order valence-corrected chi connectivity index (χ4v) is 1.65. The number of rotatable bonds is 2. The van der Waals surface area contributed by atoms with Gasteiger partial charge in [-0.05, 0) is 0 Å². The molecule has 1 atom stereocenters. The quantitative estimate of drug-likeness (QED) is 0.421. The van der Waals surface area contributed by atoms with Gasteiger partial charge in [0.15, 0.2) is 0 Å². The van der Waals surface area contributed by atoms with E-state index >= 15 is 0 Å². The summed E-state index contributed by atoms with van der Waals surface area (Å²) in [6.07, 6.45) is 7.63. The van der Waals surface area contributed by atoms with Gasteiger partial charge in [0.05, 0.1) is 0 Å². The summed E-state index contributed by atoms with van der Waals surface area (Å²) in [6, 6.07) is 0. The fourth-order valence-electron chi connectivity index (χ4n) is 1.65. The molecule has 1 saturated heterocycles. The summed E-state index contributed by atoms with van der Waals surface area (Å²) in [4.78, 5) is 2.53. The van der Waals surface area contributed by atoms with Crippen molar-refractivity contribution in [2.45, 2.75) is 30.4 Å². The van der Waals surface area contributed by atoms with Gasteiger partial charge in [-0.3, -0.25) is 0 Å². The topological polar surface area (TPSA) is 3.24 Å². The minimum absolute atomic E-state index is 0.577. The Kier molecular flexibility index (Phi) is 4.30.